The molecule has 4 heteroatoms. The summed E-state index contributed by atoms with van der Waals surface area (Å²) in [5, 5.41) is 31.6. The maximum absolute atomic E-state index is 12.4. The van der Waals surface area contributed by atoms with Crippen molar-refractivity contribution in [1.82, 2.24) is 0 Å². The third-order valence-corrected chi connectivity index (χ3v) is 3.26. The van der Waals surface area contributed by atoms with Crippen LogP contribution in [0.15, 0.2) is 54.1 Å². The maximum atomic E-state index is 12.4. The van der Waals surface area contributed by atoms with Crippen molar-refractivity contribution in [2.24, 2.45) is 0 Å². The Morgan fingerprint density at radius 1 is 0.850 bits per heavy atom. The molecule has 0 aliphatic carbocycles. The van der Waals surface area contributed by atoms with E-state index in [2.05, 4.69) is 0 Å². The molecular formula is C16H8N3O. The summed E-state index contributed by atoms with van der Waals surface area (Å²) in [7, 11) is 0. The lowest BCUT2D eigenvalue weighted by molar-refractivity contribution is 0.195. The van der Waals surface area contributed by atoms with Gasteiger partial charge in [0.25, 0.3) is 0 Å². The van der Waals surface area contributed by atoms with E-state index in [-0.39, 0.29) is 5.57 Å². The molecule has 0 fully saturated rings. The van der Waals surface area contributed by atoms with Crippen molar-refractivity contribution in [2.45, 2.75) is 0 Å². The van der Waals surface area contributed by atoms with Gasteiger partial charge in [-0.05, 0) is 12.1 Å². The Labute approximate surface area is 116 Å². The summed E-state index contributed by atoms with van der Waals surface area (Å²) in [5.41, 5.74) is 2.65. The molecule has 4 nitrogen and oxygen atoms in total. The molecular weight excluding hydrogens is 250 g/mol. The minimum absolute atomic E-state index is 0.0120. The quantitative estimate of drug-likeness (QED) is 0.680. The second-order valence-corrected chi connectivity index (χ2v) is 4.30. The molecule has 2 aromatic carbocycles. The number of para-hydroxylation sites is 2. The van der Waals surface area contributed by atoms with Gasteiger partial charge in [0.15, 0.2) is 0 Å². The van der Waals surface area contributed by atoms with Crippen LogP contribution >= 0.6 is 0 Å². The fourth-order valence-electron chi connectivity index (χ4n) is 2.41. The third-order valence-electron chi connectivity index (χ3n) is 3.26. The molecule has 3 rings (SSSR count). The number of rotatable bonds is 0. The van der Waals surface area contributed by atoms with Gasteiger partial charge < -0.3 is 0 Å². The van der Waals surface area contributed by atoms with Gasteiger partial charge in [-0.2, -0.15) is 15.6 Å². The molecule has 20 heavy (non-hydrogen) atoms. The number of allylic oxidation sites excluding steroid dienone is 1. The second kappa shape index (κ2) is 4.55. The molecule has 1 aliphatic heterocycles. The van der Waals surface area contributed by atoms with E-state index in [9.17, 15) is 15.7 Å². The number of nitrogens with zero attached hydrogens (tertiary/aromatic N) is 3. The highest BCUT2D eigenvalue weighted by molar-refractivity contribution is 6.00. The van der Waals surface area contributed by atoms with Crippen LogP contribution in [0.1, 0.15) is 11.1 Å². The topological polar surface area (TPSA) is 70.7 Å². The van der Waals surface area contributed by atoms with Crippen LogP contribution in [0.5, 0.6) is 0 Å². The number of anilines is 2. The van der Waals surface area contributed by atoms with Gasteiger partial charge in [-0.1, -0.05) is 41.6 Å². The second-order valence-electron chi connectivity index (χ2n) is 4.30. The van der Waals surface area contributed by atoms with Crippen molar-refractivity contribution >= 4 is 16.9 Å². The molecule has 0 N–H and O–H groups in total. The van der Waals surface area contributed by atoms with E-state index in [0.29, 0.717) is 28.1 Å². The maximum Gasteiger partial charge on any atom is 0.138 e. The first kappa shape index (κ1) is 12.0. The molecule has 0 aromatic heterocycles. The van der Waals surface area contributed by atoms with Gasteiger partial charge in [-0.3, -0.25) is 0 Å². The zero-order chi connectivity index (χ0) is 14.1. The highest BCUT2D eigenvalue weighted by atomic mass is 16.5. The van der Waals surface area contributed by atoms with E-state index < -0.39 is 0 Å². The van der Waals surface area contributed by atoms with Crippen LogP contribution in [-0.4, -0.2) is 0 Å². The number of fused-ring (bicyclic) bond motifs is 2. The Bertz CT molecular complexity index is 743. The first-order valence-electron chi connectivity index (χ1n) is 5.98. The summed E-state index contributed by atoms with van der Waals surface area (Å²) < 4.78 is 0. The Morgan fingerprint density at radius 3 is 1.75 bits per heavy atom. The average Bonchev–Trinajstić information content (AvgIpc) is 2.51. The third kappa shape index (κ3) is 1.57. The highest BCUT2D eigenvalue weighted by Crippen LogP contribution is 2.44. The lowest BCUT2D eigenvalue weighted by Crippen LogP contribution is -2.17. The van der Waals surface area contributed by atoms with E-state index in [1.165, 1.54) is 0 Å². The van der Waals surface area contributed by atoms with Crippen molar-refractivity contribution in [3.63, 3.8) is 0 Å². The normalized spacial score (nSPS) is 11.9. The lowest BCUT2D eigenvalue weighted by Gasteiger charge is -2.27. The summed E-state index contributed by atoms with van der Waals surface area (Å²) in [6.45, 7) is 0. The first-order valence-corrected chi connectivity index (χ1v) is 5.98. The molecule has 0 bridgehead atoms. The molecule has 1 aliphatic rings. The molecule has 0 saturated carbocycles. The fraction of sp³-hybridized carbons (Fsp3) is 0. The van der Waals surface area contributed by atoms with Gasteiger partial charge in [-0.15, -0.1) is 0 Å². The number of benzene rings is 2. The van der Waals surface area contributed by atoms with Crippen LogP contribution < -0.4 is 5.06 Å². The van der Waals surface area contributed by atoms with E-state index in [1.54, 1.807) is 48.5 Å². The largest absolute Gasteiger partial charge is 0.192 e. The minimum atomic E-state index is 0.0120. The van der Waals surface area contributed by atoms with Crippen LogP contribution in [0, 0.1) is 22.7 Å². The highest BCUT2D eigenvalue weighted by Gasteiger charge is 2.28. The number of hydrogen-bond donors (Lipinski definition) is 0. The van der Waals surface area contributed by atoms with E-state index in [0.717, 1.165) is 5.06 Å². The Balaban J connectivity index is 2.44. The average molecular weight is 258 g/mol. The van der Waals surface area contributed by atoms with Gasteiger partial charge >= 0.3 is 0 Å². The van der Waals surface area contributed by atoms with Gasteiger partial charge in [0, 0.05) is 16.7 Å². The lowest BCUT2D eigenvalue weighted by atomic mass is 9.88. The molecule has 0 spiro atoms. The standard InChI is InChI=1S/C16H8N3O/c17-9-11(10-18)16-12-5-1-3-7-14(12)19(20)15-8-4-2-6-13(15)16/h1-8H. The van der Waals surface area contributed by atoms with Crippen molar-refractivity contribution in [2.75, 3.05) is 5.06 Å². The van der Waals surface area contributed by atoms with Crippen molar-refractivity contribution in [3.05, 3.63) is 65.2 Å². The van der Waals surface area contributed by atoms with Crippen molar-refractivity contribution in [1.29, 1.82) is 10.5 Å². The van der Waals surface area contributed by atoms with Gasteiger partial charge in [-0.25, -0.2) is 0 Å². The predicted octanol–water partition coefficient (Wildman–Crippen LogP) is 3.33. The van der Waals surface area contributed by atoms with Crippen LogP contribution in [0.25, 0.3) is 5.57 Å². The monoisotopic (exact) mass is 258 g/mol. The Hall–Kier alpha value is -3.08. The van der Waals surface area contributed by atoms with Gasteiger partial charge in [0.05, 0.1) is 11.4 Å². The number of hydrogen-bond acceptors (Lipinski definition) is 3. The molecule has 0 atom stereocenters. The molecule has 93 valence electrons. The summed E-state index contributed by atoms with van der Waals surface area (Å²) in [6, 6.07) is 17.8. The minimum Gasteiger partial charge on any atom is -0.192 e. The summed E-state index contributed by atoms with van der Waals surface area (Å²) in [5.74, 6) is 0. The number of nitriles is 2. The molecule has 0 saturated heterocycles. The molecule has 1 heterocycles. The van der Waals surface area contributed by atoms with Crippen molar-refractivity contribution in [3.8, 4) is 12.1 Å². The summed E-state index contributed by atoms with van der Waals surface area (Å²) in [4.78, 5) is 0. The molecule has 2 aromatic rings. The zero-order valence-electron chi connectivity index (χ0n) is 10.4. The first-order chi connectivity index (χ1) is 9.77. The fourth-order valence-corrected chi connectivity index (χ4v) is 2.41. The zero-order valence-corrected chi connectivity index (χ0v) is 10.4. The van der Waals surface area contributed by atoms with Crippen LogP contribution in [0.2, 0.25) is 0 Å². The molecule has 1 radical (unpaired) electrons. The molecule has 0 unspecified atom stereocenters. The Kier molecular flexibility index (Phi) is 2.72. The van der Waals surface area contributed by atoms with Crippen LogP contribution in [0.3, 0.4) is 0 Å². The van der Waals surface area contributed by atoms with Gasteiger partial charge in [0.1, 0.15) is 17.7 Å². The summed E-state index contributed by atoms with van der Waals surface area (Å²) in [6.07, 6.45) is 0. The molecule has 0 amide bonds. The summed E-state index contributed by atoms with van der Waals surface area (Å²) >= 11 is 0. The predicted molar refractivity (Wildman–Crippen MR) is 73.0 cm³/mol. The Morgan fingerprint density at radius 2 is 1.30 bits per heavy atom. The van der Waals surface area contributed by atoms with Crippen molar-refractivity contribution < 1.29 is 5.21 Å². The van der Waals surface area contributed by atoms with Gasteiger partial charge in [0.2, 0.25) is 0 Å². The van der Waals surface area contributed by atoms with E-state index >= 15 is 0 Å². The smallest absolute Gasteiger partial charge is 0.138 e. The van der Waals surface area contributed by atoms with E-state index in [1.807, 2.05) is 12.1 Å². The SMILES string of the molecule is N#CC(C#N)=C1c2ccccc2N([O])c2ccccc21. The van der Waals surface area contributed by atoms with Crippen LogP contribution in [0.4, 0.5) is 11.4 Å². The van der Waals surface area contributed by atoms with Crippen LogP contribution in [-0.2, 0) is 5.21 Å². The van der Waals surface area contributed by atoms with E-state index in [4.69, 9.17) is 0 Å².